The number of likely N-dealkylation sites (N-methyl/N-ethyl adjacent to an activating group) is 1. The Bertz CT molecular complexity index is 481. The SMILES string of the molecule is Cc1ccc(S(=O)(=O)NCCN(C)C)cc1C. The van der Waals surface area contributed by atoms with Crippen molar-refractivity contribution in [2.75, 3.05) is 27.2 Å². The molecule has 1 N–H and O–H groups in total. The minimum atomic E-state index is -3.37. The lowest BCUT2D eigenvalue weighted by molar-refractivity contribution is 0.412. The Morgan fingerprint density at radius 2 is 1.82 bits per heavy atom. The molecule has 0 aliphatic carbocycles. The van der Waals surface area contributed by atoms with Gasteiger partial charge in [0.25, 0.3) is 0 Å². The number of nitrogens with one attached hydrogen (secondary N) is 1. The first-order chi connectivity index (χ1) is 7.83. The van der Waals surface area contributed by atoms with Crippen molar-refractivity contribution in [1.29, 1.82) is 0 Å². The number of nitrogens with zero attached hydrogens (tertiary/aromatic N) is 1. The lowest BCUT2D eigenvalue weighted by Gasteiger charge is -2.11. The number of hydrogen-bond acceptors (Lipinski definition) is 3. The average molecular weight is 256 g/mol. The van der Waals surface area contributed by atoms with E-state index in [0.717, 1.165) is 11.1 Å². The van der Waals surface area contributed by atoms with E-state index in [9.17, 15) is 8.42 Å². The maximum absolute atomic E-state index is 11.9. The molecule has 0 aliphatic rings. The molecule has 0 heterocycles. The first-order valence-electron chi connectivity index (χ1n) is 5.54. The molecular weight excluding hydrogens is 236 g/mol. The third-order valence-electron chi connectivity index (χ3n) is 2.64. The molecule has 5 heteroatoms. The van der Waals surface area contributed by atoms with E-state index >= 15 is 0 Å². The standard InChI is InChI=1S/C12H20N2O2S/c1-10-5-6-12(9-11(10)2)17(15,16)13-7-8-14(3)4/h5-6,9,13H,7-8H2,1-4H3. The molecule has 0 spiro atoms. The van der Waals surface area contributed by atoms with Gasteiger partial charge in [-0.1, -0.05) is 6.07 Å². The van der Waals surface area contributed by atoms with Gasteiger partial charge in [0.05, 0.1) is 4.90 Å². The highest BCUT2D eigenvalue weighted by atomic mass is 32.2. The molecule has 0 atom stereocenters. The quantitative estimate of drug-likeness (QED) is 0.859. The third kappa shape index (κ3) is 4.11. The van der Waals surface area contributed by atoms with Crippen molar-refractivity contribution in [3.8, 4) is 0 Å². The van der Waals surface area contributed by atoms with Gasteiger partial charge in [-0.3, -0.25) is 0 Å². The van der Waals surface area contributed by atoms with Crippen LogP contribution in [0.2, 0.25) is 0 Å². The highest BCUT2D eigenvalue weighted by Gasteiger charge is 2.13. The van der Waals surface area contributed by atoms with Gasteiger partial charge >= 0.3 is 0 Å². The number of sulfonamides is 1. The molecule has 1 aromatic rings. The summed E-state index contributed by atoms with van der Waals surface area (Å²) in [5, 5.41) is 0. The molecule has 0 radical (unpaired) electrons. The zero-order valence-corrected chi connectivity index (χ0v) is 11.6. The van der Waals surface area contributed by atoms with E-state index in [2.05, 4.69) is 4.72 Å². The first kappa shape index (κ1) is 14.2. The summed E-state index contributed by atoms with van der Waals surface area (Å²) in [7, 11) is 0.442. The Kier molecular flexibility index (Phi) is 4.68. The van der Waals surface area contributed by atoms with Crippen LogP contribution in [0.5, 0.6) is 0 Å². The minimum absolute atomic E-state index is 0.333. The molecule has 0 aromatic heterocycles. The van der Waals surface area contributed by atoms with E-state index in [0.29, 0.717) is 18.0 Å². The van der Waals surface area contributed by atoms with E-state index in [1.54, 1.807) is 12.1 Å². The number of benzene rings is 1. The highest BCUT2D eigenvalue weighted by Crippen LogP contribution is 2.14. The molecule has 17 heavy (non-hydrogen) atoms. The summed E-state index contributed by atoms with van der Waals surface area (Å²) in [5.41, 5.74) is 2.08. The van der Waals surface area contributed by atoms with Crippen LogP contribution in [0.3, 0.4) is 0 Å². The summed E-state index contributed by atoms with van der Waals surface area (Å²) < 4.78 is 26.5. The molecule has 1 rings (SSSR count). The van der Waals surface area contributed by atoms with Crippen LogP contribution >= 0.6 is 0 Å². The summed E-state index contributed by atoms with van der Waals surface area (Å²) in [6.07, 6.45) is 0. The van der Waals surface area contributed by atoms with Crippen molar-refractivity contribution < 1.29 is 8.42 Å². The second-order valence-electron chi connectivity index (χ2n) is 4.45. The summed E-state index contributed by atoms with van der Waals surface area (Å²) in [6.45, 7) is 4.98. The van der Waals surface area contributed by atoms with Gasteiger partial charge in [-0.25, -0.2) is 13.1 Å². The molecule has 0 saturated heterocycles. The van der Waals surface area contributed by atoms with E-state index in [1.165, 1.54) is 0 Å². The maximum Gasteiger partial charge on any atom is 0.240 e. The fourth-order valence-corrected chi connectivity index (χ4v) is 2.47. The lowest BCUT2D eigenvalue weighted by Crippen LogP contribution is -2.31. The smallest absolute Gasteiger partial charge is 0.240 e. The van der Waals surface area contributed by atoms with Crippen molar-refractivity contribution in [3.05, 3.63) is 29.3 Å². The van der Waals surface area contributed by atoms with Gasteiger partial charge in [-0.15, -0.1) is 0 Å². The lowest BCUT2D eigenvalue weighted by atomic mass is 10.1. The Labute approximate surface area is 104 Å². The molecule has 0 aliphatic heterocycles. The predicted octanol–water partition coefficient (Wildman–Crippen LogP) is 1.14. The van der Waals surface area contributed by atoms with Crippen molar-refractivity contribution >= 4 is 10.0 Å². The van der Waals surface area contributed by atoms with Crippen LogP contribution in [-0.2, 0) is 10.0 Å². The van der Waals surface area contributed by atoms with Gasteiger partial charge in [0.15, 0.2) is 0 Å². The second-order valence-corrected chi connectivity index (χ2v) is 6.21. The third-order valence-corrected chi connectivity index (χ3v) is 4.10. The zero-order valence-electron chi connectivity index (χ0n) is 10.8. The fourth-order valence-electron chi connectivity index (χ4n) is 1.37. The van der Waals surface area contributed by atoms with Gasteiger partial charge in [-0.2, -0.15) is 0 Å². The molecule has 0 bridgehead atoms. The summed E-state index contributed by atoms with van der Waals surface area (Å²) >= 11 is 0. The number of rotatable bonds is 5. The molecular formula is C12H20N2O2S. The van der Waals surface area contributed by atoms with Crippen LogP contribution < -0.4 is 4.72 Å². The van der Waals surface area contributed by atoms with E-state index in [4.69, 9.17) is 0 Å². The summed E-state index contributed by atoms with van der Waals surface area (Å²) in [4.78, 5) is 2.27. The van der Waals surface area contributed by atoms with Crippen LogP contribution in [0, 0.1) is 13.8 Å². The van der Waals surface area contributed by atoms with Crippen LogP contribution in [-0.4, -0.2) is 40.5 Å². The number of aryl methyl sites for hydroxylation is 2. The fraction of sp³-hybridized carbons (Fsp3) is 0.500. The van der Waals surface area contributed by atoms with Gasteiger partial charge < -0.3 is 4.90 Å². The number of hydrogen-bond donors (Lipinski definition) is 1. The largest absolute Gasteiger partial charge is 0.308 e. The molecule has 0 amide bonds. The van der Waals surface area contributed by atoms with E-state index < -0.39 is 10.0 Å². The predicted molar refractivity (Wildman–Crippen MR) is 69.7 cm³/mol. The van der Waals surface area contributed by atoms with Crippen molar-refractivity contribution in [2.24, 2.45) is 0 Å². The van der Waals surface area contributed by atoms with Crippen LogP contribution in [0.1, 0.15) is 11.1 Å². The normalized spacial score (nSPS) is 12.1. The van der Waals surface area contributed by atoms with Gasteiger partial charge in [0, 0.05) is 13.1 Å². The van der Waals surface area contributed by atoms with Crippen LogP contribution in [0.4, 0.5) is 0 Å². The van der Waals surface area contributed by atoms with Crippen molar-refractivity contribution in [2.45, 2.75) is 18.7 Å². The van der Waals surface area contributed by atoms with E-state index in [1.807, 2.05) is 38.9 Å². The second kappa shape index (κ2) is 5.62. The molecule has 4 nitrogen and oxygen atoms in total. The van der Waals surface area contributed by atoms with Crippen molar-refractivity contribution in [1.82, 2.24) is 9.62 Å². The molecule has 0 saturated carbocycles. The Morgan fingerprint density at radius 3 is 2.35 bits per heavy atom. The van der Waals surface area contributed by atoms with Crippen molar-refractivity contribution in [3.63, 3.8) is 0 Å². The highest BCUT2D eigenvalue weighted by molar-refractivity contribution is 7.89. The van der Waals surface area contributed by atoms with Gasteiger partial charge in [-0.05, 0) is 51.2 Å². The van der Waals surface area contributed by atoms with Gasteiger partial charge in [0.2, 0.25) is 10.0 Å². The molecule has 1 aromatic carbocycles. The Balaban J connectivity index is 2.79. The first-order valence-corrected chi connectivity index (χ1v) is 7.03. The summed E-state index contributed by atoms with van der Waals surface area (Å²) in [6, 6.07) is 5.17. The van der Waals surface area contributed by atoms with Crippen LogP contribution in [0.15, 0.2) is 23.1 Å². The monoisotopic (exact) mass is 256 g/mol. The topological polar surface area (TPSA) is 49.4 Å². The zero-order chi connectivity index (χ0) is 13.1. The van der Waals surface area contributed by atoms with Gasteiger partial charge in [0.1, 0.15) is 0 Å². The molecule has 0 fully saturated rings. The Morgan fingerprint density at radius 1 is 1.18 bits per heavy atom. The molecule has 0 unspecified atom stereocenters. The minimum Gasteiger partial charge on any atom is -0.308 e. The Hall–Kier alpha value is -0.910. The maximum atomic E-state index is 11.9. The summed E-state index contributed by atoms with van der Waals surface area (Å²) in [5.74, 6) is 0. The van der Waals surface area contributed by atoms with E-state index in [-0.39, 0.29) is 0 Å². The van der Waals surface area contributed by atoms with Crippen LogP contribution in [0.25, 0.3) is 0 Å². The average Bonchev–Trinajstić information content (AvgIpc) is 2.21. The molecule has 96 valence electrons.